The molecule has 1 aromatic carbocycles. The molecule has 5 nitrogen and oxygen atoms in total. The van der Waals surface area contributed by atoms with Crippen molar-refractivity contribution in [2.75, 3.05) is 32.1 Å². The summed E-state index contributed by atoms with van der Waals surface area (Å²) in [5.74, 6) is 1.49. The number of hydrogen-bond donors (Lipinski definition) is 2. The topological polar surface area (TPSA) is 67.6 Å². The van der Waals surface area contributed by atoms with Gasteiger partial charge in [-0.2, -0.15) is 0 Å². The van der Waals surface area contributed by atoms with Crippen LogP contribution in [0.25, 0.3) is 0 Å². The van der Waals surface area contributed by atoms with Gasteiger partial charge in [-0.05, 0) is 30.9 Å². The average molecular weight is 291 g/mol. The van der Waals surface area contributed by atoms with Crippen molar-refractivity contribution in [3.05, 3.63) is 24.3 Å². The van der Waals surface area contributed by atoms with Crippen LogP contribution in [-0.4, -0.2) is 43.6 Å². The SMILES string of the molecule is COc1ccccc1NCC(=O)N1CCC(C)CC1CN. The molecule has 1 heterocycles. The molecule has 116 valence electrons. The Kier molecular flexibility index (Phi) is 5.44. The van der Waals surface area contributed by atoms with Crippen molar-refractivity contribution in [3.63, 3.8) is 0 Å². The number of benzene rings is 1. The van der Waals surface area contributed by atoms with E-state index in [9.17, 15) is 4.79 Å². The van der Waals surface area contributed by atoms with Gasteiger partial charge in [0.1, 0.15) is 5.75 Å². The molecule has 1 fully saturated rings. The number of nitrogens with two attached hydrogens (primary N) is 1. The van der Waals surface area contributed by atoms with Gasteiger partial charge in [-0.3, -0.25) is 4.79 Å². The van der Waals surface area contributed by atoms with Crippen molar-refractivity contribution in [2.45, 2.75) is 25.8 Å². The normalized spacial score (nSPS) is 22.0. The van der Waals surface area contributed by atoms with Crippen LogP contribution in [0.15, 0.2) is 24.3 Å². The van der Waals surface area contributed by atoms with Crippen LogP contribution in [0.2, 0.25) is 0 Å². The second kappa shape index (κ2) is 7.31. The summed E-state index contributed by atoms with van der Waals surface area (Å²) in [4.78, 5) is 14.3. The summed E-state index contributed by atoms with van der Waals surface area (Å²) in [5.41, 5.74) is 6.65. The van der Waals surface area contributed by atoms with Gasteiger partial charge >= 0.3 is 0 Å². The summed E-state index contributed by atoms with van der Waals surface area (Å²) in [6.07, 6.45) is 2.05. The Labute approximate surface area is 126 Å². The highest BCUT2D eigenvalue weighted by atomic mass is 16.5. The van der Waals surface area contributed by atoms with E-state index in [1.807, 2.05) is 29.2 Å². The molecule has 1 saturated heterocycles. The number of anilines is 1. The van der Waals surface area contributed by atoms with Crippen LogP contribution < -0.4 is 15.8 Å². The van der Waals surface area contributed by atoms with Crippen LogP contribution >= 0.6 is 0 Å². The molecule has 2 unspecified atom stereocenters. The number of hydrogen-bond acceptors (Lipinski definition) is 4. The zero-order valence-corrected chi connectivity index (χ0v) is 12.8. The fraction of sp³-hybridized carbons (Fsp3) is 0.562. The van der Waals surface area contributed by atoms with Gasteiger partial charge in [-0.15, -0.1) is 0 Å². The standard InChI is InChI=1S/C16H25N3O2/c1-12-7-8-19(13(9-12)10-17)16(20)11-18-14-5-3-4-6-15(14)21-2/h3-6,12-13,18H,7-11,17H2,1-2H3. The number of carbonyl (C=O) groups is 1. The second-order valence-corrected chi connectivity index (χ2v) is 5.66. The van der Waals surface area contributed by atoms with E-state index in [1.165, 1.54) is 0 Å². The number of methoxy groups -OCH3 is 1. The van der Waals surface area contributed by atoms with E-state index in [4.69, 9.17) is 10.5 Å². The van der Waals surface area contributed by atoms with E-state index >= 15 is 0 Å². The predicted octanol–water partition coefficient (Wildman–Crippen LogP) is 1.69. The molecule has 2 rings (SSSR count). The molecule has 21 heavy (non-hydrogen) atoms. The molecule has 0 aliphatic carbocycles. The Hall–Kier alpha value is -1.75. The summed E-state index contributed by atoms with van der Waals surface area (Å²) >= 11 is 0. The molecule has 5 heteroatoms. The van der Waals surface area contributed by atoms with Gasteiger partial charge in [0.25, 0.3) is 0 Å². The van der Waals surface area contributed by atoms with E-state index in [1.54, 1.807) is 7.11 Å². The molecule has 1 amide bonds. The third-order valence-electron chi connectivity index (χ3n) is 4.11. The summed E-state index contributed by atoms with van der Waals surface area (Å²) in [7, 11) is 1.62. The lowest BCUT2D eigenvalue weighted by Crippen LogP contribution is -2.50. The molecule has 0 aromatic heterocycles. The Bertz CT molecular complexity index is 478. The van der Waals surface area contributed by atoms with Crippen LogP contribution in [0, 0.1) is 5.92 Å². The van der Waals surface area contributed by atoms with E-state index in [0.717, 1.165) is 30.8 Å². The van der Waals surface area contributed by atoms with Gasteiger partial charge in [0.05, 0.1) is 19.3 Å². The molecule has 2 atom stereocenters. The quantitative estimate of drug-likeness (QED) is 0.866. The number of rotatable bonds is 5. The molecule has 1 aliphatic heterocycles. The molecule has 0 bridgehead atoms. The number of para-hydroxylation sites is 2. The first-order chi connectivity index (χ1) is 10.2. The third kappa shape index (κ3) is 3.88. The fourth-order valence-electron chi connectivity index (χ4n) is 2.87. The lowest BCUT2D eigenvalue weighted by atomic mass is 9.92. The molecular weight excluding hydrogens is 266 g/mol. The van der Waals surface area contributed by atoms with Crippen LogP contribution in [0.5, 0.6) is 5.75 Å². The minimum absolute atomic E-state index is 0.100. The minimum atomic E-state index is 0.100. The van der Waals surface area contributed by atoms with Gasteiger partial charge in [0.15, 0.2) is 0 Å². The number of ether oxygens (including phenoxy) is 1. The predicted molar refractivity (Wildman–Crippen MR) is 84.4 cm³/mol. The molecule has 0 spiro atoms. The Morgan fingerprint density at radius 3 is 2.95 bits per heavy atom. The van der Waals surface area contributed by atoms with Gasteiger partial charge in [-0.1, -0.05) is 19.1 Å². The highest BCUT2D eigenvalue weighted by Crippen LogP contribution is 2.24. The third-order valence-corrected chi connectivity index (χ3v) is 4.11. The lowest BCUT2D eigenvalue weighted by molar-refractivity contribution is -0.133. The Morgan fingerprint density at radius 1 is 1.48 bits per heavy atom. The number of nitrogens with zero attached hydrogens (tertiary/aromatic N) is 1. The summed E-state index contributed by atoms with van der Waals surface area (Å²) in [6, 6.07) is 7.77. The maximum atomic E-state index is 12.4. The number of piperidine rings is 1. The second-order valence-electron chi connectivity index (χ2n) is 5.66. The van der Waals surface area contributed by atoms with E-state index in [-0.39, 0.29) is 18.5 Å². The highest BCUT2D eigenvalue weighted by molar-refractivity contribution is 5.81. The van der Waals surface area contributed by atoms with Crippen LogP contribution in [0.3, 0.4) is 0 Å². The molecule has 1 aliphatic rings. The molecular formula is C16H25N3O2. The van der Waals surface area contributed by atoms with Gasteiger partial charge in [-0.25, -0.2) is 0 Å². The average Bonchev–Trinajstić information content (AvgIpc) is 2.52. The summed E-state index contributed by atoms with van der Waals surface area (Å²) in [6.45, 7) is 3.82. The fourth-order valence-corrected chi connectivity index (χ4v) is 2.87. The number of amides is 1. The van der Waals surface area contributed by atoms with Crippen LogP contribution in [-0.2, 0) is 4.79 Å². The minimum Gasteiger partial charge on any atom is -0.495 e. The zero-order valence-electron chi connectivity index (χ0n) is 12.8. The van der Waals surface area contributed by atoms with Crippen LogP contribution in [0.4, 0.5) is 5.69 Å². The van der Waals surface area contributed by atoms with Gasteiger partial charge in [0, 0.05) is 19.1 Å². The van der Waals surface area contributed by atoms with Crippen molar-refractivity contribution >= 4 is 11.6 Å². The van der Waals surface area contributed by atoms with E-state index in [0.29, 0.717) is 12.5 Å². The zero-order chi connectivity index (χ0) is 15.2. The summed E-state index contributed by atoms with van der Waals surface area (Å²) < 4.78 is 5.27. The first-order valence-electron chi connectivity index (χ1n) is 7.52. The van der Waals surface area contributed by atoms with Crippen molar-refractivity contribution in [3.8, 4) is 5.75 Å². The van der Waals surface area contributed by atoms with E-state index < -0.39 is 0 Å². The van der Waals surface area contributed by atoms with Gasteiger partial charge < -0.3 is 20.7 Å². The Morgan fingerprint density at radius 2 is 2.24 bits per heavy atom. The maximum Gasteiger partial charge on any atom is 0.242 e. The first-order valence-corrected chi connectivity index (χ1v) is 7.52. The van der Waals surface area contributed by atoms with E-state index in [2.05, 4.69) is 12.2 Å². The van der Waals surface area contributed by atoms with Crippen molar-refractivity contribution < 1.29 is 9.53 Å². The van der Waals surface area contributed by atoms with Crippen molar-refractivity contribution in [2.24, 2.45) is 11.7 Å². The smallest absolute Gasteiger partial charge is 0.242 e. The molecule has 0 saturated carbocycles. The van der Waals surface area contributed by atoms with Crippen LogP contribution in [0.1, 0.15) is 19.8 Å². The highest BCUT2D eigenvalue weighted by Gasteiger charge is 2.28. The largest absolute Gasteiger partial charge is 0.495 e. The Balaban J connectivity index is 1.95. The molecule has 1 aromatic rings. The summed E-state index contributed by atoms with van der Waals surface area (Å²) in [5, 5.41) is 3.16. The number of nitrogens with one attached hydrogen (secondary N) is 1. The maximum absolute atomic E-state index is 12.4. The number of carbonyl (C=O) groups excluding carboxylic acids is 1. The monoisotopic (exact) mass is 291 g/mol. The first kappa shape index (κ1) is 15.6. The van der Waals surface area contributed by atoms with Crippen molar-refractivity contribution in [1.82, 2.24) is 4.90 Å². The van der Waals surface area contributed by atoms with Gasteiger partial charge in [0.2, 0.25) is 5.91 Å². The molecule has 0 radical (unpaired) electrons. The van der Waals surface area contributed by atoms with Crippen molar-refractivity contribution in [1.29, 1.82) is 0 Å². The molecule has 3 N–H and O–H groups in total. The lowest BCUT2D eigenvalue weighted by Gasteiger charge is -2.38. The number of likely N-dealkylation sites (tertiary alicyclic amines) is 1.